The molecule has 0 radical (unpaired) electrons. The molecule has 3 heterocycles. The number of hydrogen-bond donors (Lipinski definition) is 0. The molecule has 8 aromatic carbocycles. The van der Waals surface area contributed by atoms with Crippen molar-refractivity contribution in [3.8, 4) is 34.0 Å². The highest BCUT2D eigenvalue weighted by Crippen LogP contribution is 2.40. The van der Waals surface area contributed by atoms with Gasteiger partial charge >= 0.3 is 0 Å². The van der Waals surface area contributed by atoms with Crippen LogP contribution in [0.1, 0.15) is 0 Å². The second-order valence-electron chi connectivity index (χ2n) is 13.3. The molecule has 0 fully saturated rings. The zero-order valence-corrected chi connectivity index (χ0v) is 28.0. The minimum atomic E-state index is 0.809. The monoisotopic (exact) mass is 666 g/mol. The molecular formula is C48H30N2O2. The third-order valence-electron chi connectivity index (χ3n) is 10.4. The lowest BCUT2D eigenvalue weighted by molar-refractivity contribution is 0.482. The first-order valence-electron chi connectivity index (χ1n) is 17.6. The van der Waals surface area contributed by atoms with E-state index >= 15 is 0 Å². The average Bonchev–Trinajstić information content (AvgIpc) is 3.86. The highest BCUT2D eigenvalue weighted by atomic mass is 16.5. The number of ether oxygens (including phenoxy) is 1. The van der Waals surface area contributed by atoms with Gasteiger partial charge in [-0.2, -0.15) is 0 Å². The van der Waals surface area contributed by atoms with Crippen LogP contribution >= 0.6 is 0 Å². The molecule has 0 saturated carbocycles. The summed E-state index contributed by atoms with van der Waals surface area (Å²) in [6.07, 6.45) is 0. The van der Waals surface area contributed by atoms with Crippen LogP contribution in [-0.4, -0.2) is 9.13 Å². The number of furan rings is 1. The molecule has 0 unspecified atom stereocenters. The summed E-state index contributed by atoms with van der Waals surface area (Å²) >= 11 is 0. The molecule has 0 aliphatic carbocycles. The van der Waals surface area contributed by atoms with E-state index in [1.807, 2.05) is 54.6 Å². The topological polar surface area (TPSA) is 32.2 Å². The Bertz CT molecular complexity index is 3150. The van der Waals surface area contributed by atoms with Crippen LogP contribution in [0.5, 0.6) is 11.5 Å². The number of nitrogens with zero attached hydrogens (tertiary/aromatic N) is 2. The van der Waals surface area contributed by atoms with E-state index in [1.54, 1.807) is 0 Å². The Hall–Kier alpha value is -7.04. The number of hydrogen-bond acceptors (Lipinski definition) is 2. The number of aromatic nitrogens is 2. The Morgan fingerprint density at radius 1 is 0.365 bits per heavy atom. The van der Waals surface area contributed by atoms with Crippen LogP contribution in [0.2, 0.25) is 0 Å². The Balaban J connectivity index is 1.05. The van der Waals surface area contributed by atoms with Gasteiger partial charge in [0.25, 0.3) is 0 Å². The molecule has 0 N–H and O–H groups in total. The quantitative estimate of drug-likeness (QED) is 0.183. The largest absolute Gasteiger partial charge is 0.457 e. The van der Waals surface area contributed by atoms with Crippen LogP contribution in [-0.2, 0) is 0 Å². The van der Waals surface area contributed by atoms with Crippen LogP contribution in [0, 0.1) is 0 Å². The van der Waals surface area contributed by atoms with Gasteiger partial charge in [0.2, 0.25) is 0 Å². The van der Waals surface area contributed by atoms with Crippen molar-refractivity contribution in [2.45, 2.75) is 0 Å². The molecular weight excluding hydrogens is 637 g/mol. The highest BCUT2D eigenvalue weighted by molar-refractivity contribution is 6.14. The van der Waals surface area contributed by atoms with E-state index in [-0.39, 0.29) is 0 Å². The molecule has 3 aromatic heterocycles. The molecule has 0 aliphatic heterocycles. The van der Waals surface area contributed by atoms with Gasteiger partial charge in [-0.05, 0) is 96.1 Å². The van der Waals surface area contributed by atoms with E-state index in [9.17, 15) is 0 Å². The molecule has 0 bridgehead atoms. The van der Waals surface area contributed by atoms with Gasteiger partial charge < -0.3 is 18.3 Å². The molecule has 4 nitrogen and oxygen atoms in total. The molecule has 0 aliphatic rings. The van der Waals surface area contributed by atoms with Crippen LogP contribution in [0.25, 0.3) is 88.1 Å². The van der Waals surface area contributed by atoms with Gasteiger partial charge in [0.1, 0.15) is 17.1 Å². The molecule has 0 amide bonds. The standard InChI is InChI=1S/C48H30N2O2/c1-2-11-34(12-3-1)51-35-25-23-33(24-26-35)49-42-17-7-4-13-36(42)40-29-31(21-27-44(40)49)32-22-28-45-41(30-32)37-14-5-8-18-43(37)50(45)46-19-10-16-39-38-15-6-9-20-47(38)52-48(39)46/h1-30H. The maximum Gasteiger partial charge on any atom is 0.159 e. The van der Waals surface area contributed by atoms with Crippen molar-refractivity contribution >= 4 is 65.6 Å². The van der Waals surface area contributed by atoms with E-state index < -0.39 is 0 Å². The second-order valence-corrected chi connectivity index (χ2v) is 13.3. The number of para-hydroxylation sites is 5. The van der Waals surface area contributed by atoms with Crippen molar-refractivity contribution in [1.29, 1.82) is 0 Å². The predicted molar refractivity (Wildman–Crippen MR) is 214 cm³/mol. The van der Waals surface area contributed by atoms with Crippen molar-refractivity contribution < 1.29 is 9.15 Å². The van der Waals surface area contributed by atoms with Crippen molar-refractivity contribution in [1.82, 2.24) is 9.13 Å². The van der Waals surface area contributed by atoms with Crippen molar-refractivity contribution in [2.75, 3.05) is 0 Å². The Morgan fingerprint density at radius 3 is 1.62 bits per heavy atom. The van der Waals surface area contributed by atoms with Gasteiger partial charge in [0.05, 0.1) is 27.8 Å². The van der Waals surface area contributed by atoms with Crippen molar-refractivity contribution in [2.24, 2.45) is 0 Å². The number of fused-ring (bicyclic) bond motifs is 9. The summed E-state index contributed by atoms with van der Waals surface area (Å²) in [5, 5.41) is 7.12. The van der Waals surface area contributed by atoms with Crippen molar-refractivity contribution in [3.63, 3.8) is 0 Å². The minimum Gasteiger partial charge on any atom is -0.457 e. The van der Waals surface area contributed by atoms with E-state index in [1.165, 1.54) is 43.7 Å². The van der Waals surface area contributed by atoms with E-state index in [4.69, 9.17) is 9.15 Å². The summed E-state index contributed by atoms with van der Waals surface area (Å²) in [6.45, 7) is 0. The van der Waals surface area contributed by atoms with Gasteiger partial charge in [0.15, 0.2) is 5.58 Å². The molecule has 52 heavy (non-hydrogen) atoms. The SMILES string of the molecule is c1ccc(Oc2ccc(-n3c4ccccc4c4cc(-c5ccc6c(c5)c5ccccc5n6-c5cccc6c5oc5ccccc56)ccc43)cc2)cc1. The van der Waals surface area contributed by atoms with Crippen LogP contribution in [0.3, 0.4) is 0 Å². The highest BCUT2D eigenvalue weighted by Gasteiger charge is 2.19. The normalized spacial score (nSPS) is 11.8. The lowest BCUT2D eigenvalue weighted by Crippen LogP contribution is -1.94. The van der Waals surface area contributed by atoms with Gasteiger partial charge in [-0.15, -0.1) is 0 Å². The van der Waals surface area contributed by atoms with E-state index in [0.29, 0.717) is 0 Å². The fraction of sp³-hybridized carbons (Fsp3) is 0. The van der Waals surface area contributed by atoms with Crippen LogP contribution in [0.15, 0.2) is 186 Å². The first kappa shape index (κ1) is 28.8. The molecule has 0 spiro atoms. The fourth-order valence-electron chi connectivity index (χ4n) is 8.04. The van der Waals surface area contributed by atoms with Crippen molar-refractivity contribution in [3.05, 3.63) is 182 Å². The average molecular weight is 667 g/mol. The zero-order chi connectivity index (χ0) is 34.2. The maximum absolute atomic E-state index is 6.51. The first-order chi connectivity index (χ1) is 25.8. The van der Waals surface area contributed by atoms with E-state index in [2.05, 4.69) is 137 Å². The fourth-order valence-corrected chi connectivity index (χ4v) is 8.04. The molecule has 4 heteroatoms. The maximum atomic E-state index is 6.51. The molecule has 244 valence electrons. The lowest BCUT2D eigenvalue weighted by atomic mass is 10.0. The third kappa shape index (κ3) is 4.34. The summed E-state index contributed by atoms with van der Waals surface area (Å²) in [7, 11) is 0. The van der Waals surface area contributed by atoms with Crippen LogP contribution in [0.4, 0.5) is 0 Å². The summed E-state index contributed by atoms with van der Waals surface area (Å²) in [5.41, 5.74) is 10.9. The summed E-state index contributed by atoms with van der Waals surface area (Å²) in [4.78, 5) is 0. The first-order valence-corrected chi connectivity index (χ1v) is 17.6. The third-order valence-corrected chi connectivity index (χ3v) is 10.4. The van der Waals surface area contributed by atoms with Crippen LogP contribution < -0.4 is 4.74 Å². The predicted octanol–water partition coefficient (Wildman–Crippen LogP) is 13.2. The van der Waals surface area contributed by atoms with Gasteiger partial charge in [-0.3, -0.25) is 0 Å². The second kappa shape index (κ2) is 11.2. The summed E-state index contributed by atoms with van der Waals surface area (Å²) in [5.74, 6) is 1.63. The molecule has 0 atom stereocenters. The zero-order valence-electron chi connectivity index (χ0n) is 28.0. The summed E-state index contributed by atoms with van der Waals surface area (Å²) in [6, 6.07) is 64.0. The molecule has 11 rings (SSSR count). The lowest BCUT2D eigenvalue weighted by Gasteiger charge is -2.11. The van der Waals surface area contributed by atoms with Gasteiger partial charge in [-0.1, -0.05) is 97.1 Å². The number of rotatable bonds is 5. The summed E-state index contributed by atoms with van der Waals surface area (Å²) < 4.78 is 17.3. The minimum absolute atomic E-state index is 0.809. The van der Waals surface area contributed by atoms with E-state index in [0.717, 1.165) is 55.8 Å². The number of benzene rings is 8. The smallest absolute Gasteiger partial charge is 0.159 e. The Kier molecular flexibility index (Phi) is 6.22. The van der Waals surface area contributed by atoms with Gasteiger partial charge in [-0.25, -0.2) is 0 Å². The molecule has 0 saturated heterocycles. The molecule has 11 aromatic rings. The Morgan fingerprint density at radius 2 is 0.904 bits per heavy atom. The van der Waals surface area contributed by atoms with Gasteiger partial charge in [0, 0.05) is 38.0 Å². The Labute approximate surface area is 298 Å².